The molecule has 0 nitrogen and oxygen atoms in total. The summed E-state index contributed by atoms with van der Waals surface area (Å²) in [7, 11) is 0. The molecule has 0 unspecified atom stereocenters. The topological polar surface area (TPSA) is 0 Å². The van der Waals surface area contributed by atoms with Gasteiger partial charge in [0.25, 0.3) is 0 Å². The first-order valence-corrected chi connectivity index (χ1v) is 3.86. The van der Waals surface area contributed by atoms with E-state index in [2.05, 4.69) is 12.1 Å². The van der Waals surface area contributed by atoms with Gasteiger partial charge in [-0.1, -0.05) is 18.2 Å². The van der Waals surface area contributed by atoms with E-state index in [1.54, 1.807) is 6.08 Å². The summed E-state index contributed by atoms with van der Waals surface area (Å²) in [4.78, 5) is 0. The summed E-state index contributed by atoms with van der Waals surface area (Å²) in [5.74, 6) is 0. The Balaban J connectivity index is 0.000000845. The van der Waals surface area contributed by atoms with E-state index in [1.165, 1.54) is 5.39 Å². The number of hydrogen-bond acceptors (Lipinski definition) is 0. The van der Waals surface area contributed by atoms with Crippen molar-refractivity contribution >= 4 is 16.8 Å². The predicted octanol–water partition coefficient (Wildman–Crippen LogP) is 3.08. The summed E-state index contributed by atoms with van der Waals surface area (Å²) < 4.78 is 0. The van der Waals surface area contributed by atoms with Crippen molar-refractivity contribution in [3.05, 3.63) is 54.6 Å². The molecule has 0 fully saturated rings. The fourth-order valence-electron chi connectivity index (χ4n) is 1.32. The van der Waals surface area contributed by atoms with Gasteiger partial charge in [-0.3, -0.25) is 5.56 Å². The van der Waals surface area contributed by atoms with Gasteiger partial charge in [0, 0.05) is 0 Å². The molecule has 0 heterocycles. The molecule has 0 amide bonds. The van der Waals surface area contributed by atoms with Gasteiger partial charge in [-0.2, -0.15) is 11.5 Å². The van der Waals surface area contributed by atoms with Crippen molar-refractivity contribution in [2.75, 3.05) is 0 Å². The zero-order chi connectivity index (χ0) is 8.39. The fourth-order valence-corrected chi connectivity index (χ4v) is 1.32. The Labute approximate surface area is 90.2 Å². The molecular formula is C12H8V. The Bertz CT molecular complexity index is 413. The maximum Gasteiger partial charge on any atom is 2.00 e. The molecule has 0 aliphatic heterocycles. The van der Waals surface area contributed by atoms with E-state index < -0.39 is 0 Å². The van der Waals surface area contributed by atoms with E-state index >= 15 is 0 Å². The summed E-state index contributed by atoms with van der Waals surface area (Å²) in [6.45, 7) is 5.46. The summed E-state index contributed by atoms with van der Waals surface area (Å²) >= 11 is 0. The monoisotopic (exact) mass is 203 g/mol. The van der Waals surface area contributed by atoms with E-state index in [4.69, 9.17) is 6.58 Å². The van der Waals surface area contributed by atoms with Crippen molar-refractivity contribution < 1.29 is 18.6 Å². The molecule has 0 aliphatic carbocycles. The number of fused-ring (bicyclic) bond motifs is 1. The molecule has 0 saturated carbocycles. The first-order valence-electron chi connectivity index (χ1n) is 3.86. The maximum atomic E-state index is 5.46. The van der Waals surface area contributed by atoms with Gasteiger partial charge in [-0.25, -0.2) is 6.07 Å². The van der Waals surface area contributed by atoms with Gasteiger partial charge in [0.15, 0.2) is 0 Å². The maximum absolute atomic E-state index is 5.46. The predicted molar refractivity (Wildman–Crippen MR) is 51.5 cm³/mol. The molecule has 2 rings (SSSR count). The van der Waals surface area contributed by atoms with Crippen LogP contribution in [0.2, 0.25) is 0 Å². The molecule has 1 radical (unpaired) electrons. The molecule has 0 spiro atoms. The molecule has 13 heavy (non-hydrogen) atoms. The van der Waals surface area contributed by atoms with Crippen LogP contribution in [0.5, 0.6) is 0 Å². The smallest absolute Gasteiger partial charge is 0.344 e. The van der Waals surface area contributed by atoms with Crippen LogP contribution in [0.15, 0.2) is 36.4 Å². The van der Waals surface area contributed by atoms with Gasteiger partial charge in [-0.15, -0.1) is 17.5 Å². The number of hydrogen-bond donors (Lipinski definition) is 0. The summed E-state index contributed by atoms with van der Waals surface area (Å²) in [6.07, 6.45) is 1.59. The quantitative estimate of drug-likeness (QED) is 0.625. The average molecular weight is 203 g/mol. The Morgan fingerprint density at radius 2 is 1.92 bits per heavy atom. The third kappa shape index (κ3) is 1.85. The van der Waals surface area contributed by atoms with Gasteiger partial charge < -0.3 is 12.7 Å². The number of benzene rings is 2. The van der Waals surface area contributed by atoms with Gasteiger partial charge in [0.1, 0.15) is 0 Å². The van der Waals surface area contributed by atoms with E-state index in [0.717, 1.165) is 10.9 Å². The fraction of sp³-hybridized carbons (Fsp3) is 0. The SMILES string of the molecule is [CH-]=Cc1[c-]ccc2ccccc12.[V+2]. The largest absolute Gasteiger partial charge is 2.00 e. The number of rotatable bonds is 1. The molecule has 0 bridgehead atoms. The minimum absolute atomic E-state index is 0. The second-order valence-corrected chi connectivity index (χ2v) is 2.65. The molecule has 0 aromatic heterocycles. The second kappa shape index (κ2) is 4.31. The van der Waals surface area contributed by atoms with Crippen LogP contribution in [0.4, 0.5) is 0 Å². The molecule has 61 valence electrons. The van der Waals surface area contributed by atoms with Crippen molar-refractivity contribution in [3.63, 3.8) is 0 Å². The summed E-state index contributed by atoms with van der Waals surface area (Å²) in [5.41, 5.74) is 0.966. The Kier molecular flexibility index (Phi) is 3.35. The standard InChI is InChI=1S/C12H8.V/c1-2-10-7-5-8-11-6-3-4-9-12(10)11;/h1-6,8-9H;/q-2;+2. The van der Waals surface area contributed by atoms with Crippen LogP contribution in [-0.2, 0) is 18.6 Å². The summed E-state index contributed by atoms with van der Waals surface area (Å²) in [6, 6.07) is 15.1. The molecular weight excluding hydrogens is 195 g/mol. The van der Waals surface area contributed by atoms with Crippen molar-refractivity contribution in [2.45, 2.75) is 0 Å². The van der Waals surface area contributed by atoms with E-state index in [9.17, 15) is 0 Å². The van der Waals surface area contributed by atoms with Crippen LogP contribution >= 0.6 is 0 Å². The van der Waals surface area contributed by atoms with Crippen LogP contribution in [-0.4, -0.2) is 0 Å². The van der Waals surface area contributed by atoms with Crippen molar-refractivity contribution in [2.24, 2.45) is 0 Å². The molecule has 2 aromatic rings. The van der Waals surface area contributed by atoms with Crippen LogP contribution in [0, 0.1) is 12.6 Å². The van der Waals surface area contributed by atoms with Crippen LogP contribution < -0.4 is 0 Å². The van der Waals surface area contributed by atoms with Crippen LogP contribution in [0.1, 0.15) is 5.56 Å². The molecule has 0 saturated heterocycles. The van der Waals surface area contributed by atoms with Crippen LogP contribution in [0.3, 0.4) is 0 Å². The van der Waals surface area contributed by atoms with Crippen molar-refractivity contribution in [3.8, 4) is 0 Å². The van der Waals surface area contributed by atoms with Crippen molar-refractivity contribution in [1.29, 1.82) is 0 Å². The third-order valence-electron chi connectivity index (χ3n) is 1.92. The first-order chi connectivity index (χ1) is 5.92. The van der Waals surface area contributed by atoms with E-state index in [1.807, 2.05) is 30.3 Å². The van der Waals surface area contributed by atoms with Gasteiger partial charge in [0.2, 0.25) is 0 Å². The minimum atomic E-state index is 0. The first kappa shape index (κ1) is 10.1. The zero-order valence-electron chi connectivity index (χ0n) is 7.07. The molecule has 0 atom stereocenters. The molecule has 0 N–H and O–H groups in total. The normalized spacial score (nSPS) is 9.23. The Morgan fingerprint density at radius 1 is 1.15 bits per heavy atom. The van der Waals surface area contributed by atoms with Gasteiger partial charge >= 0.3 is 18.6 Å². The van der Waals surface area contributed by atoms with Crippen molar-refractivity contribution in [1.82, 2.24) is 0 Å². The van der Waals surface area contributed by atoms with E-state index in [-0.39, 0.29) is 18.6 Å². The third-order valence-corrected chi connectivity index (χ3v) is 1.92. The van der Waals surface area contributed by atoms with Crippen LogP contribution in [0.25, 0.3) is 16.8 Å². The van der Waals surface area contributed by atoms with Gasteiger partial charge in [0.05, 0.1) is 0 Å². The average Bonchev–Trinajstić information content (AvgIpc) is 2.17. The second-order valence-electron chi connectivity index (χ2n) is 2.65. The molecule has 0 aliphatic rings. The molecule has 1 heteroatoms. The minimum Gasteiger partial charge on any atom is -0.344 e. The Morgan fingerprint density at radius 3 is 2.69 bits per heavy atom. The Hall–Kier alpha value is -0.976. The summed E-state index contributed by atoms with van der Waals surface area (Å²) in [5, 5.41) is 2.36. The van der Waals surface area contributed by atoms with Gasteiger partial charge in [-0.05, 0) is 0 Å². The van der Waals surface area contributed by atoms with E-state index in [0.29, 0.717) is 0 Å². The molecule has 2 aromatic carbocycles. The zero-order valence-corrected chi connectivity index (χ0v) is 8.46.